The number of ether oxygens (including phenoxy) is 1. The standard InChI is InChI=1S/C7H11IO2.C2H6/c1-5-2-6(4-8)10-7(9)3-5;1-2/h5-6H,2-4H2,1H3;1-2H3/t5-,6-;/m0./s1. The highest BCUT2D eigenvalue weighted by Gasteiger charge is 2.24. The summed E-state index contributed by atoms with van der Waals surface area (Å²) in [4.78, 5) is 10.8. The number of rotatable bonds is 1. The van der Waals surface area contributed by atoms with Crippen LogP contribution < -0.4 is 0 Å². The molecule has 3 heteroatoms. The maximum Gasteiger partial charge on any atom is 0.306 e. The van der Waals surface area contributed by atoms with Crippen LogP contribution in [0.1, 0.15) is 33.6 Å². The van der Waals surface area contributed by atoms with Crippen molar-refractivity contribution in [1.82, 2.24) is 0 Å². The molecule has 0 unspecified atom stereocenters. The zero-order valence-electron chi connectivity index (χ0n) is 7.97. The van der Waals surface area contributed by atoms with E-state index in [1.165, 1.54) is 0 Å². The summed E-state index contributed by atoms with van der Waals surface area (Å²) in [5.41, 5.74) is 0. The van der Waals surface area contributed by atoms with E-state index in [4.69, 9.17) is 4.74 Å². The van der Waals surface area contributed by atoms with Gasteiger partial charge in [-0.2, -0.15) is 0 Å². The monoisotopic (exact) mass is 284 g/mol. The smallest absolute Gasteiger partial charge is 0.306 e. The molecule has 1 heterocycles. The molecule has 1 aliphatic heterocycles. The first-order valence-corrected chi connectivity index (χ1v) is 6.00. The molecule has 72 valence electrons. The van der Waals surface area contributed by atoms with Crippen LogP contribution in [0.15, 0.2) is 0 Å². The molecule has 2 nitrogen and oxygen atoms in total. The van der Waals surface area contributed by atoms with Gasteiger partial charge in [-0.15, -0.1) is 0 Å². The first-order valence-electron chi connectivity index (χ1n) is 4.48. The lowest BCUT2D eigenvalue weighted by Crippen LogP contribution is -2.29. The number of alkyl halides is 1. The lowest BCUT2D eigenvalue weighted by atomic mass is 9.98. The Morgan fingerprint density at radius 2 is 2.17 bits per heavy atom. The van der Waals surface area contributed by atoms with E-state index in [1.54, 1.807) is 0 Å². The van der Waals surface area contributed by atoms with Crippen molar-refractivity contribution in [3.8, 4) is 0 Å². The van der Waals surface area contributed by atoms with Gasteiger partial charge in [-0.25, -0.2) is 0 Å². The van der Waals surface area contributed by atoms with Gasteiger partial charge in [-0.05, 0) is 12.3 Å². The molecular formula is C9H17IO2. The van der Waals surface area contributed by atoms with E-state index in [1.807, 2.05) is 13.8 Å². The Labute approximate surface area is 88.2 Å². The predicted octanol–water partition coefficient (Wildman–Crippen LogP) is 2.79. The van der Waals surface area contributed by atoms with E-state index in [9.17, 15) is 4.79 Å². The first kappa shape index (κ1) is 12.2. The fraction of sp³-hybridized carbons (Fsp3) is 0.889. The molecule has 0 aliphatic carbocycles. The molecule has 1 saturated heterocycles. The van der Waals surface area contributed by atoms with Gasteiger partial charge in [0.15, 0.2) is 0 Å². The van der Waals surface area contributed by atoms with Crippen molar-refractivity contribution in [2.45, 2.75) is 39.7 Å². The second-order valence-corrected chi connectivity index (χ2v) is 3.69. The Balaban J connectivity index is 0.000000561. The maximum atomic E-state index is 10.8. The predicted molar refractivity (Wildman–Crippen MR) is 58.5 cm³/mol. The Kier molecular flexibility index (Phi) is 6.80. The van der Waals surface area contributed by atoms with Crippen LogP contribution in [0.3, 0.4) is 0 Å². The van der Waals surface area contributed by atoms with E-state index in [2.05, 4.69) is 29.5 Å². The number of carbonyl (C=O) groups is 1. The summed E-state index contributed by atoms with van der Waals surface area (Å²) in [5, 5.41) is 0. The zero-order chi connectivity index (χ0) is 9.56. The maximum absolute atomic E-state index is 10.8. The average Bonchev–Trinajstić information content (AvgIpc) is 2.06. The van der Waals surface area contributed by atoms with Crippen LogP contribution in [-0.2, 0) is 9.53 Å². The third-order valence-electron chi connectivity index (χ3n) is 1.65. The molecule has 1 fully saturated rings. The van der Waals surface area contributed by atoms with E-state index in [0.717, 1.165) is 10.8 Å². The van der Waals surface area contributed by atoms with E-state index in [0.29, 0.717) is 12.3 Å². The van der Waals surface area contributed by atoms with Crippen LogP contribution in [-0.4, -0.2) is 16.5 Å². The molecule has 0 N–H and O–H groups in total. The van der Waals surface area contributed by atoms with Gasteiger partial charge < -0.3 is 4.74 Å². The highest BCUT2D eigenvalue weighted by Crippen LogP contribution is 2.21. The van der Waals surface area contributed by atoms with Crippen molar-refractivity contribution in [2.24, 2.45) is 5.92 Å². The van der Waals surface area contributed by atoms with Gasteiger partial charge in [0.25, 0.3) is 0 Å². The second-order valence-electron chi connectivity index (χ2n) is 2.81. The third-order valence-corrected chi connectivity index (χ3v) is 2.63. The normalized spacial score (nSPS) is 28.5. The Morgan fingerprint density at radius 1 is 1.58 bits per heavy atom. The van der Waals surface area contributed by atoms with E-state index < -0.39 is 0 Å². The van der Waals surface area contributed by atoms with Crippen molar-refractivity contribution >= 4 is 28.6 Å². The minimum atomic E-state index is -0.0274. The summed E-state index contributed by atoms with van der Waals surface area (Å²) in [5.74, 6) is 0.487. The second kappa shape index (κ2) is 6.69. The highest BCUT2D eigenvalue weighted by molar-refractivity contribution is 14.1. The Hall–Kier alpha value is 0.200. The minimum absolute atomic E-state index is 0.0274. The Bertz CT molecular complexity index is 136. The molecule has 1 rings (SSSR count). The van der Waals surface area contributed by atoms with Crippen LogP contribution in [0, 0.1) is 5.92 Å². The van der Waals surface area contributed by atoms with Gasteiger partial charge in [-0.1, -0.05) is 43.4 Å². The molecule has 1 aliphatic rings. The van der Waals surface area contributed by atoms with Gasteiger partial charge >= 0.3 is 5.97 Å². The number of cyclic esters (lactones) is 1. The molecule has 0 aromatic rings. The van der Waals surface area contributed by atoms with Crippen LogP contribution >= 0.6 is 22.6 Å². The van der Waals surface area contributed by atoms with Gasteiger partial charge in [0.1, 0.15) is 6.10 Å². The molecule has 0 aromatic heterocycles. The summed E-state index contributed by atoms with van der Waals surface area (Å²) in [6.07, 6.45) is 1.82. The summed E-state index contributed by atoms with van der Waals surface area (Å²) < 4.78 is 5.98. The number of esters is 1. The molecule has 0 radical (unpaired) electrons. The number of halogens is 1. The zero-order valence-corrected chi connectivity index (χ0v) is 10.1. The molecular weight excluding hydrogens is 267 g/mol. The average molecular weight is 284 g/mol. The minimum Gasteiger partial charge on any atom is -0.462 e. The van der Waals surface area contributed by atoms with Crippen molar-refractivity contribution in [1.29, 1.82) is 0 Å². The van der Waals surface area contributed by atoms with Gasteiger partial charge in [-0.3, -0.25) is 4.79 Å². The SMILES string of the molecule is CC.C[C@@H]1CC(=O)O[C@H](CI)C1. The molecule has 0 amide bonds. The van der Waals surface area contributed by atoms with Crippen molar-refractivity contribution < 1.29 is 9.53 Å². The topological polar surface area (TPSA) is 26.3 Å². The number of hydrogen-bond acceptors (Lipinski definition) is 2. The van der Waals surface area contributed by atoms with E-state index >= 15 is 0 Å². The number of hydrogen-bond donors (Lipinski definition) is 0. The van der Waals surface area contributed by atoms with Crippen LogP contribution in [0.5, 0.6) is 0 Å². The lowest BCUT2D eigenvalue weighted by molar-refractivity contribution is -0.154. The van der Waals surface area contributed by atoms with Crippen molar-refractivity contribution in [3.63, 3.8) is 0 Å². The fourth-order valence-electron chi connectivity index (χ4n) is 1.19. The quantitative estimate of drug-likeness (QED) is 0.420. The van der Waals surface area contributed by atoms with Gasteiger partial charge in [0.2, 0.25) is 0 Å². The van der Waals surface area contributed by atoms with Gasteiger partial charge in [0.05, 0.1) is 0 Å². The van der Waals surface area contributed by atoms with Crippen molar-refractivity contribution in [2.75, 3.05) is 4.43 Å². The summed E-state index contributed by atoms with van der Waals surface area (Å²) >= 11 is 2.25. The molecule has 0 saturated carbocycles. The van der Waals surface area contributed by atoms with E-state index in [-0.39, 0.29) is 12.1 Å². The molecule has 0 aromatic carbocycles. The highest BCUT2D eigenvalue weighted by atomic mass is 127. The lowest BCUT2D eigenvalue weighted by Gasteiger charge is -2.24. The van der Waals surface area contributed by atoms with Gasteiger partial charge in [0, 0.05) is 10.8 Å². The molecule has 0 spiro atoms. The van der Waals surface area contributed by atoms with Crippen LogP contribution in [0.4, 0.5) is 0 Å². The third kappa shape index (κ3) is 4.28. The molecule has 2 atom stereocenters. The molecule has 0 bridgehead atoms. The fourth-order valence-corrected chi connectivity index (χ4v) is 1.73. The van der Waals surface area contributed by atoms with Crippen LogP contribution in [0.25, 0.3) is 0 Å². The first-order chi connectivity index (χ1) is 5.72. The van der Waals surface area contributed by atoms with Crippen LogP contribution in [0.2, 0.25) is 0 Å². The summed E-state index contributed by atoms with van der Waals surface area (Å²) in [6, 6.07) is 0. The largest absolute Gasteiger partial charge is 0.462 e. The molecule has 12 heavy (non-hydrogen) atoms. The summed E-state index contributed by atoms with van der Waals surface area (Å²) in [7, 11) is 0. The number of carbonyl (C=O) groups excluding carboxylic acids is 1. The summed E-state index contributed by atoms with van der Waals surface area (Å²) in [6.45, 7) is 6.10. The van der Waals surface area contributed by atoms with Crippen molar-refractivity contribution in [3.05, 3.63) is 0 Å². The Morgan fingerprint density at radius 3 is 2.58 bits per heavy atom.